The van der Waals surface area contributed by atoms with Crippen molar-refractivity contribution >= 4 is 50.7 Å². The van der Waals surface area contributed by atoms with E-state index in [1.54, 1.807) is 37.3 Å². The van der Waals surface area contributed by atoms with Gasteiger partial charge >= 0.3 is 0 Å². The second-order valence-electron chi connectivity index (χ2n) is 10.1. The highest BCUT2D eigenvalue weighted by atomic mass is 35.5. The van der Waals surface area contributed by atoms with Gasteiger partial charge < -0.3 is 10.2 Å². The molecular formula is C30H33Cl2N3O4S. The summed E-state index contributed by atoms with van der Waals surface area (Å²) in [6, 6.07) is 19.3. The number of nitrogens with zero attached hydrogens (tertiary/aromatic N) is 2. The van der Waals surface area contributed by atoms with Gasteiger partial charge in [0.25, 0.3) is 10.0 Å². The minimum atomic E-state index is -4.22. The zero-order valence-corrected chi connectivity index (χ0v) is 24.8. The van der Waals surface area contributed by atoms with Gasteiger partial charge in [0.2, 0.25) is 11.8 Å². The Morgan fingerprint density at radius 1 is 0.950 bits per heavy atom. The van der Waals surface area contributed by atoms with Crippen LogP contribution in [0.5, 0.6) is 0 Å². The van der Waals surface area contributed by atoms with E-state index in [2.05, 4.69) is 5.32 Å². The SMILES string of the molecule is Cc1ccc(CN(C(=O)CN(c2cccc(Cl)c2Cl)S(=O)(=O)c2ccccc2)C(C)C(=O)NC2CCCC2)cc1. The van der Waals surface area contributed by atoms with Gasteiger partial charge in [-0.1, -0.05) is 90.1 Å². The summed E-state index contributed by atoms with van der Waals surface area (Å²) < 4.78 is 28.7. The number of hydrogen-bond donors (Lipinski definition) is 1. The van der Waals surface area contributed by atoms with Crippen molar-refractivity contribution in [3.05, 3.63) is 94.0 Å². The molecule has 1 atom stereocenters. The van der Waals surface area contributed by atoms with Crippen LogP contribution in [0.15, 0.2) is 77.7 Å². The van der Waals surface area contributed by atoms with E-state index in [1.807, 2.05) is 31.2 Å². The Morgan fingerprint density at radius 2 is 1.60 bits per heavy atom. The Hall–Kier alpha value is -3.07. The quantitative estimate of drug-likeness (QED) is 0.310. The molecule has 1 unspecified atom stereocenters. The number of carbonyl (C=O) groups is 2. The van der Waals surface area contributed by atoms with E-state index in [4.69, 9.17) is 23.2 Å². The molecule has 1 aliphatic carbocycles. The van der Waals surface area contributed by atoms with Crippen molar-refractivity contribution in [2.24, 2.45) is 0 Å². The monoisotopic (exact) mass is 601 g/mol. The van der Waals surface area contributed by atoms with Crippen LogP contribution >= 0.6 is 23.2 Å². The Bertz CT molecular complexity index is 1440. The molecule has 1 saturated carbocycles. The smallest absolute Gasteiger partial charge is 0.264 e. The zero-order valence-electron chi connectivity index (χ0n) is 22.5. The van der Waals surface area contributed by atoms with Gasteiger partial charge in [-0.2, -0.15) is 0 Å². The Balaban J connectivity index is 1.70. The number of nitrogens with one attached hydrogen (secondary N) is 1. The van der Waals surface area contributed by atoms with E-state index in [9.17, 15) is 18.0 Å². The summed E-state index contributed by atoms with van der Waals surface area (Å²) in [5, 5.41) is 3.22. The lowest BCUT2D eigenvalue weighted by Crippen LogP contribution is -2.52. The molecule has 10 heteroatoms. The molecule has 0 heterocycles. The summed E-state index contributed by atoms with van der Waals surface area (Å²) in [6.45, 7) is 3.18. The first kappa shape index (κ1) is 29.9. The number of anilines is 1. The second-order valence-corrected chi connectivity index (χ2v) is 12.7. The Morgan fingerprint density at radius 3 is 2.25 bits per heavy atom. The fourth-order valence-electron chi connectivity index (χ4n) is 4.78. The van der Waals surface area contributed by atoms with E-state index in [1.165, 1.54) is 23.1 Å². The first-order chi connectivity index (χ1) is 19.1. The highest BCUT2D eigenvalue weighted by Gasteiger charge is 2.34. The Kier molecular flexibility index (Phi) is 9.77. The van der Waals surface area contributed by atoms with E-state index < -0.39 is 28.5 Å². The predicted octanol–water partition coefficient (Wildman–Crippen LogP) is 5.97. The average Bonchev–Trinajstić information content (AvgIpc) is 3.46. The number of hydrogen-bond acceptors (Lipinski definition) is 4. The summed E-state index contributed by atoms with van der Waals surface area (Å²) in [7, 11) is -4.22. The number of halogens is 2. The van der Waals surface area contributed by atoms with Crippen molar-refractivity contribution in [1.82, 2.24) is 10.2 Å². The van der Waals surface area contributed by atoms with Crippen LogP contribution in [-0.4, -0.2) is 43.8 Å². The van der Waals surface area contributed by atoms with Crippen LogP contribution in [0.2, 0.25) is 10.0 Å². The fraction of sp³-hybridized carbons (Fsp3) is 0.333. The third kappa shape index (κ3) is 6.97. The first-order valence-corrected chi connectivity index (χ1v) is 15.4. The van der Waals surface area contributed by atoms with Crippen molar-refractivity contribution in [3.8, 4) is 0 Å². The number of amides is 2. The van der Waals surface area contributed by atoms with Crippen LogP contribution in [0, 0.1) is 6.92 Å². The normalized spacial score (nSPS) is 14.5. The van der Waals surface area contributed by atoms with Gasteiger partial charge in [-0.3, -0.25) is 13.9 Å². The molecule has 212 valence electrons. The topological polar surface area (TPSA) is 86.8 Å². The second kappa shape index (κ2) is 13.1. The summed E-state index contributed by atoms with van der Waals surface area (Å²) in [5.41, 5.74) is 1.95. The molecule has 0 aromatic heterocycles. The lowest BCUT2D eigenvalue weighted by molar-refractivity contribution is -0.139. The molecule has 0 aliphatic heterocycles. The van der Waals surface area contributed by atoms with Gasteiger partial charge in [-0.15, -0.1) is 0 Å². The maximum absolute atomic E-state index is 14.0. The van der Waals surface area contributed by atoms with Crippen LogP contribution in [0.4, 0.5) is 5.69 Å². The number of carbonyl (C=O) groups excluding carboxylic acids is 2. The van der Waals surface area contributed by atoms with Crippen molar-refractivity contribution in [1.29, 1.82) is 0 Å². The standard InChI is InChI=1S/C30H33Cl2N3O4S/c1-21-15-17-23(18-16-21)19-34(22(2)30(37)33-24-9-6-7-10-24)28(36)20-35(27-14-8-13-26(31)29(27)32)40(38,39)25-11-4-3-5-12-25/h3-5,8,11-18,22,24H,6-7,9-10,19-20H2,1-2H3,(H,33,37). The molecular weight excluding hydrogens is 569 g/mol. The van der Waals surface area contributed by atoms with E-state index in [0.717, 1.165) is 41.1 Å². The molecule has 7 nitrogen and oxygen atoms in total. The maximum atomic E-state index is 14.0. The van der Waals surface area contributed by atoms with Gasteiger partial charge in [-0.25, -0.2) is 8.42 Å². The van der Waals surface area contributed by atoms with Crippen molar-refractivity contribution < 1.29 is 18.0 Å². The number of rotatable bonds is 10. The minimum Gasteiger partial charge on any atom is -0.352 e. The number of benzene rings is 3. The van der Waals surface area contributed by atoms with Crippen LogP contribution in [0.25, 0.3) is 0 Å². The van der Waals surface area contributed by atoms with Crippen molar-refractivity contribution in [2.45, 2.75) is 63.1 Å². The fourth-order valence-corrected chi connectivity index (χ4v) is 6.68. The summed E-state index contributed by atoms with van der Waals surface area (Å²) >= 11 is 12.7. The molecule has 4 rings (SSSR count). The molecule has 3 aromatic carbocycles. The lowest BCUT2D eigenvalue weighted by atomic mass is 10.1. The highest BCUT2D eigenvalue weighted by molar-refractivity contribution is 7.92. The maximum Gasteiger partial charge on any atom is 0.264 e. The van der Waals surface area contributed by atoms with Crippen molar-refractivity contribution in [3.63, 3.8) is 0 Å². The van der Waals surface area contributed by atoms with E-state index in [0.29, 0.717) is 0 Å². The van der Waals surface area contributed by atoms with Gasteiger partial charge in [0.15, 0.2) is 0 Å². The highest BCUT2D eigenvalue weighted by Crippen LogP contribution is 2.35. The molecule has 1 aliphatic rings. The minimum absolute atomic E-state index is 0.00375. The molecule has 40 heavy (non-hydrogen) atoms. The Labute approximate surface area is 246 Å². The lowest BCUT2D eigenvalue weighted by Gasteiger charge is -2.32. The summed E-state index contributed by atoms with van der Waals surface area (Å²) in [6.07, 6.45) is 3.91. The van der Waals surface area contributed by atoms with Crippen LogP contribution in [0.3, 0.4) is 0 Å². The van der Waals surface area contributed by atoms with Crippen LogP contribution < -0.4 is 9.62 Å². The molecule has 0 bridgehead atoms. The molecule has 0 saturated heterocycles. The first-order valence-electron chi connectivity index (χ1n) is 13.2. The van der Waals surface area contributed by atoms with Gasteiger partial charge in [0, 0.05) is 12.6 Å². The number of aryl methyl sites for hydroxylation is 1. The van der Waals surface area contributed by atoms with Gasteiger partial charge in [0.1, 0.15) is 12.6 Å². The zero-order chi connectivity index (χ0) is 28.9. The molecule has 1 N–H and O–H groups in total. The third-order valence-electron chi connectivity index (χ3n) is 7.15. The van der Waals surface area contributed by atoms with Crippen molar-refractivity contribution in [2.75, 3.05) is 10.8 Å². The van der Waals surface area contributed by atoms with Crippen LogP contribution in [-0.2, 0) is 26.2 Å². The largest absolute Gasteiger partial charge is 0.352 e. The average molecular weight is 603 g/mol. The van der Waals surface area contributed by atoms with E-state index in [-0.39, 0.29) is 39.1 Å². The molecule has 3 aromatic rings. The molecule has 1 fully saturated rings. The third-order valence-corrected chi connectivity index (χ3v) is 9.74. The van der Waals surface area contributed by atoms with Crippen LogP contribution in [0.1, 0.15) is 43.7 Å². The molecule has 0 radical (unpaired) electrons. The predicted molar refractivity (Wildman–Crippen MR) is 159 cm³/mol. The molecule has 0 spiro atoms. The molecule has 2 amide bonds. The number of sulfonamides is 1. The van der Waals surface area contributed by atoms with Gasteiger partial charge in [0.05, 0.1) is 20.6 Å². The summed E-state index contributed by atoms with van der Waals surface area (Å²) in [5.74, 6) is -0.823. The van der Waals surface area contributed by atoms with E-state index >= 15 is 0 Å². The van der Waals surface area contributed by atoms with Gasteiger partial charge in [-0.05, 0) is 56.5 Å². The summed E-state index contributed by atoms with van der Waals surface area (Å²) in [4.78, 5) is 28.7.